The van der Waals surface area contributed by atoms with Gasteiger partial charge in [0.1, 0.15) is 0 Å². The van der Waals surface area contributed by atoms with Crippen LogP contribution in [0.3, 0.4) is 0 Å². The van der Waals surface area contributed by atoms with E-state index in [9.17, 15) is 5.11 Å². The van der Waals surface area contributed by atoms with Crippen molar-refractivity contribution in [3.05, 3.63) is 12.7 Å². The van der Waals surface area contributed by atoms with Crippen LogP contribution in [-0.2, 0) is 4.74 Å². The van der Waals surface area contributed by atoms with E-state index < -0.39 is 0 Å². The largest absolute Gasteiger partial charge is 0.391 e. The van der Waals surface area contributed by atoms with Crippen molar-refractivity contribution in [3.63, 3.8) is 0 Å². The van der Waals surface area contributed by atoms with Gasteiger partial charge >= 0.3 is 0 Å². The van der Waals surface area contributed by atoms with Crippen molar-refractivity contribution in [2.45, 2.75) is 38.8 Å². The summed E-state index contributed by atoms with van der Waals surface area (Å²) in [6.07, 6.45) is 3.67. The zero-order chi connectivity index (χ0) is 12.0. The SMILES string of the molecule is C=CCC(C)C(C)NCC(O)C1CCOC1. The second-order valence-corrected chi connectivity index (χ2v) is 4.89. The van der Waals surface area contributed by atoms with Crippen LogP contribution in [0.1, 0.15) is 26.7 Å². The fourth-order valence-electron chi connectivity index (χ4n) is 2.00. The molecule has 0 aromatic carbocycles. The molecular formula is C13H25NO2. The van der Waals surface area contributed by atoms with Crippen molar-refractivity contribution in [3.8, 4) is 0 Å². The van der Waals surface area contributed by atoms with Gasteiger partial charge < -0.3 is 15.2 Å². The molecule has 2 N–H and O–H groups in total. The number of rotatable bonds is 7. The fraction of sp³-hybridized carbons (Fsp3) is 0.846. The summed E-state index contributed by atoms with van der Waals surface area (Å²) in [5.74, 6) is 0.874. The molecule has 1 heterocycles. The van der Waals surface area contributed by atoms with E-state index in [0.29, 0.717) is 31.0 Å². The predicted octanol–water partition coefficient (Wildman–Crippen LogP) is 1.57. The van der Waals surface area contributed by atoms with Crippen molar-refractivity contribution in [2.24, 2.45) is 11.8 Å². The summed E-state index contributed by atoms with van der Waals surface area (Å²) in [6, 6.07) is 0.412. The highest BCUT2D eigenvalue weighted by molar-refractivity contribution is 4.80. The van der Waals surface area contributed by atoms with Gasteiger partial charge in [-0.3, -0.25) is 0 Å². The molecule has 0 amide bonds. The third-order valence-corrected chi connectivity index (χ3v) is 3.55. The Morgan fingerprint density at radius 2 is 2.31 bits per heavy atom. The average molecular weight is 227 g/mol. The number of ether oxygens (including phenoxy) is 1. The van der Waals surface area contributed by atoms with Gasteiger partial charge in [0.05, 0.1) is 12.7 Å². The van der Waals surface area contributed by atoms with Crippen LogP contribution in [0.5, 0.6) is 0 Å². The summed E-state index contributed by atoms with van der Waals surface area (Å²) < 4.78 is 5.27. The Hall–Kier alpha value is -0.380. The van der Waals surface area contributed by atoms with Crippen LogP contribution in [0, 0.1) is 11.8 Å². The lowest BCUT2D eigenvalue weighted by Gasteiger charge is -2.24. The number of hydrogen-bond acceptors (Lipinski definition) is 3. The quantitative estimate of drug-likeness (QED) is 0.649. The molecule has 94 valence electrons. The lowest BCUT2D eigenvalue weighted by atomic mass is 9.98. The van der Waals surface area contributed by atoms with Crippen molar-refractivity contribution in [1.29, 1.82) is 0 Å². The molecule has 0 radical (unpaired) electrons. The third kappa shape index (κ3) is 4.24. The molecule has 4 unspecified atom stereocenters. The molecule has 1 fully saturated rings. The molecule has 3 nitrogen and oxygen atoms in total. The summed E-state index contributed by atoms with van der Waals surface area (Å²) in [7, 11) is 0. The maximum Gasteiger partial charge on any atom is 0.0715 e. The first-order valence-electron chi connectivity index (χ1n) is 6.25. The smallest absolute Gasteiger partial charge is 0.0715 e. The van der Waals surface area contributed by atoms with Crippen LogP contribution in [0.4, 0.5) is 0 Å². The number of allylic oxidation sites excluding steroid dienone is 1. The molecule has 4 atom stereocenters. The minimum Gasteiger partial charge on any atom is -0.391 e. The predicted molar refractivity (Wildman–Crippen MR) is 66.4 cm³/mol. The Kier molecular flexibility index (Phi) is 6.03. The number of hydrogen-bond donors (Lipinski definition) is 2. The summed E-state index contributed by atoms with van der Waals surface area (Å²) in [5.41, 5.74) is 0. The lowest BCUT2D eigenvalue weighted by molar-refractivity contribution is 0.0871. The minimum atomic E-state index is -0.277. The van der Waals surface area contributed by atoms with E-state index in [1.807, 2.05) is 6.08 Å². The van der Waals surface area contributed by atoms with Crippen LogP contribution in [-0.4, -0.2) is 37.0 Å². The van der Waals surface area contributed by atoms with Gasteiger partial charge in [-0.2, -0.15) is 0 Å². The standard InChI is InChI=1S/C13H25NO2/c1-4-5-10(2)11(3)14-8-13(15)12-6-7-16-9-12/h4,10-15H,1,5-9H2,2-3H3. The zero-order valence-electron chi connectivity index (χ0n) is 10.5. The molecule has 0 aliphatic carbocycles. The van der Waals surface area contributed by atoms with Gasteiger partial charge in [0, 0.05) is 25.1 Å². The van der Waals surface area contributed by atoms with E-state index >= 15 is 0 Å². The van der Waals surface area contributed by atoms with Crippen LogP contribution in [0.25, 0.3) is 0 Å². The molecular weight excluding hydrogens is 202 g/mol. The van der Waals surface area contributed by atoms with Crippen LogP contribution < -0.4 is 5.32 Å². The van der Waals surface area contributed by atoms with Gasteiger partial charge in [-0.15, -0.1) is 6.58 Å². The van der Waals surface area contributed by atoms with Gasteiger partial charge in [0.25, 0.3) is 0 Å². The third-order valence-electron chi connectivity index (χ3n) is 3.55. The first-order chi connectivity index (χ1) is 7.65. The van der Waals surface area contributed by atoms with Gasteiger partial charge in [-0.1, -0.05) is 13.0 Å². The summed E-state index contributed by atoms with van der Waals surface area (Å²) in [5, 5.41) is 13.3. The Morgan fingerprint density at radius 1 is 1.56 bits per heavy atom. The minimum absolute atomic E-state index is 0.277. The van der Waals surface area contributed by atoms with E-state index in [2.05, 4.69) is 25.7 Å². The normalized spacial score (nSPS) is 26.3. The second kappa shape index (κ2) is 7.05. The number of nitrogens with one attached hydrogen (secondary N) is 1. The molecule has 16 heavy (non-hydrogen) atoms. The molecule has 1 saturated heterocycles. The van der Waals surface area contributed by atoms with E-state index in [0.717, 1.165) is 19.4 Å². The van der Waals surface area contributed by atoms with Crippen molar-refractivity contribution >= 4 is 0 Å². The van der Waals surface area contributed by atoms with Crippen molar-refractivity contribution in [1.82, 2.24) is 5.32 Å². The van der Waals surface area contributed by atoms with Crippen LogP contribution >= 0.6 is 0 Å². The van der Waals surface area contributed by atoms with E-state index in [1.54, 1.807) is 0 Å². The Labute approximate surface area is 98.9 Å². The molecule has 0 aromatic rings. The van der Waals surface area contributed by atoms with Gasteiger partial charge in [-0.05, 0) is 25.7 Å². The zero-order valence-corrected chi connectivity index (χ0v) is 10.5. The number of aliphatic hydroxyl groups excluding tert-OH is 1. The topological polar surface area (TPSA) is 41.5 Å². The average Bonchev–Trinajstić information content (AvgIpc) is 2.79. The Bertz CT molecular complexity index is 202. The van der Waals surface area contributed by atoms with E-state index in [4.69, 9.17) is 4.74 Å². The molecule has 0 saturated carbocycles. The van der Waals surface area contributed by atoms with Gasteiger partial charge in [0.15, 0.2) is 0 Å². The first-order valence-corrected chi connectivity index (χ1v) is 6.25. The van der Waals surface area contributed by atoms with Gasteiger partial charge in [-0.25, -0.2) is 0 Å². The first kappa shape index (κ1) is 13.7. The highest BCUT2D eigenvalue weighted by atomic mass is 16.5. The summed E-state index contributed by atoms with van der Waals surface area (Å²) >= 11 is 0. The van der Waals surface area contributed by atoms with E-state index in [-0.39, 0.29) is 6.10 Å². The summed E-state index contributed by atoms with van der Waals surface area (Å²) in [6.45, 7) is 10.3. The molecule has 0 aromatic heterocycles. The highest BCUT2D eigenvalue weighted by Gasteiger charge is 2.24. The van der Waals surface area contributed by atoms with E-state index in [1.165, 1.54) is 0 Å². The monoisotopic (exact) mass is 227 g/mol. The molecule has 0 bridgehead atoms. The van der Waals surface area contributed by atoms with Gasteiger partial charge in [0.2, 0.25) is 0 Å². The number of aliphatic hydroxyl groups is 1. The molecule has 3 heteroatoms. The second-order valence-electron chi connectivity index (χ2n) is 4.89. The van der Waals surface area contributed by atoms with Crippen LogP contribution in [0.2, 0.25) is 0 Å². The maximum absolute atomic E-state index is 9.95. The summed E-state index contributed by atoms with van der Waals surface area (Å²) in [4.78, 5) is 0. The molecule has 0 spiro atoms. The molecule has 1 rings (SSSR count). The van der Waals surface area contributed by atoms with Crippen molar-refractivity contribution in [2.75, 3.05) is 19.8 Å². The van der Waals surface area contributed by atoms with Crippen molar-refractivity contribution < 1.29 is 9.84 Å². The van der Waals surface area contributed by atoms with Crippen LogP contribution in [0.15, 0.2) is 12.7 Å². The molecule has 1 aliphatic heterocycles. The Morgan fingerprint density at radius 3 is 2.88 bits per heavy atom. The highest BCUT2D eigenvalue weighted by Crippen LogP contribution is 2.16. The Balaban J connectivity index is 2.19. The molecule has 1 aliphatic rings. The fourth-order valence-corrected chi connectivity index (χ4v) is 2.00. The maximum atomic E-state index is 9.95. The lowest BCUT2D eigenvalue weighted by Crippen LogP contribution is -2.40.